The van der Waals surface area contributed by atoms with Crippen molar-refractivity contribution in [2.24, 2.45) is 0 Å². The van der Waals surface area contributed by atoms with Gasteiger partial charge in [0.05, 0.1) is 6.54 Å². The van der Waals surface area contributed by atoms with Crippen LogP contribution in [0.5, 0.6) is 0 Å². The van der Waals surface area contributed by atoms with E-state index < -0.39 is 0 Å². The van der Waals surface area contributed by atoms with E-state index >= 15 is 0 Å². The highest BCUT2D eigenvalue weighted by atomic mass is 35.5. The molecule has 0 aliphatic carbocycles. The van der Waals surface area contributed by atoms with Crippen molar-refractivity contribution in [2.45, 2.75) is 6.92 Å². The molecule has 5 nitrogen and oxygen atoms in total. The van der Waals surface area contributed by atoms with Crippen LogP contribution in [0.2, 0.25) is 0 Å². The van der Waals surface area contributed by atoms with Crippen LogP contribution >= 0.6 is 12.4 Å². The molecule has 0 bridgehead atoms. The fourth-order valence-electron chi connectivity index (χ4n) is 2.30. The van der Waals surface area contributed by atoms with E-state index in [1.54, 1.807) is 11.9 Å². The third kappa shape index (κ3) is 4.44. The SMILES string of the molecule is CNCC(=O)N1CCN(C(=O)c2ccc(C)cc2)CC1.Cl. The highest BCUT2D eigenvalue weighted by Crippen LogP contribution is 2.10. The molecule has 2 amide bonds. The Balaban J connectivity index is 0.00000220. The van der Waals surface area contributed by atoms with Gasteiger partial charge in [-0.1, -0.05) is 17.7 Å². The predicted octanol–water partition coefficient (Wildman–Crippen LogP) is 0.921. The Hall–Kier alpha value is -1.59. The summed E-state index contributed by atoms with van der Waals surface area (Å²) in [6, 6.07) is 7.60. The third-order valence-electron chi connectivity index (χ3n) is 3.55. The van der Waals surface area contributed by atoms with Crippen LogP contribution < -0.4 is 5.32 Å². The molecule has 1 fully saturated rings. The number of nitrogens with one attached hydrogen (secondary N) is 1. The molecule has 0 unspecified atom stereocenters. The van der Waals surface area contributed by atoms with Gasteiger partial charge in [-0.15, -0.1) is 12.4 Å². The first-order chi connectivity index (χ1) is 9.61. The van der Waals surface area contributed by atoms with Gasteiger partial charge < -0.3 is 15.1 Å². The van der Waals surface area contributed by atoms with Crippen molar-refractivity contribution < 1.29 is 9.59 Å². The zero-order chi connectivity index (χ0) is 14.5. The molecular formula is C15H22ClN3O2. The molecule has 1 N–H and O–H groups in total. The minimum atomic E-state index is 0. The monoisotopic (exact) mass is 311 g/mol. The summed E-state index contributed by atoms with van der Waals surface area (Å²) in [6.45, 7) is 4.77. The molecule has 116 valence electrons. The lowest BCUT2D eigenvalue weighted by Gasteiger charge is -2.34. The highest BCUT2D eigenvalue weighted by molar-refractivity contribution is 5.94. The number of hydrogen-bond donors (Lipinski definition) is 1. The van der Waals surface area contributed by atoms with Crippen LogP contribution in [0.25, 0.3) is 0 Å². The van der Waals surface area contributed by atoms with Crippen molar-refractivity contribution in [1.29, 1.82) is 0 Å². The lowest BCUT2D eigenvalue weighted by atomic mass is 10.1. The molecule has 1 saturated heterocycles. The van der Waals surface area contributed by atoms with Gasteiger partial charge in [-0.2, -0.15) is 0 Å². The second-order valence-corrected chi connectivity index (χ2v) is 5.07. The smallest absolute Gasteiger partial charge is 0.253 e. The highest BCUT2D eigenvalue weighted by Gasteiger charge is 2.24. The van der Waals surface area contributed by atoms with Gasteiger partial charge in [-0.05, 0) is 26.1 Å². The fourth-order valence-corrected chi connectivity index (χ4v) is 2.30. The number of rotatable bonds is 3. The maximum atomic E-state index is 12.3. The van der Waals surface area contributed by atoms with E-state index in [9.17, 15) is 9.59 Å². The van der Waals surface area contributed by atoms with Gasteiger partial charge in [0.15, 0.2) is 0 Å². The number of nitrogens with zero attached hydrogens (tertiary/aromatic N) is 2. The van der Waals surface area contributed by atoms with E-state index in [0.717, 1.165) is 5.56 Å². The van der Waals surface area contributed by atoms with Crippen LogP contribution in [0.1, 0.15) is 15.9 Å². The molecule has 1 aliphatic rings. The Labute approximate surface area is 131 Å². The van der Waals surface area contributed by atoms with Crippen LogP contribution in [0.4, 0.5) is 0 Å². The number of benzene rings is 1. The summed E-state index contributed by atoms with van der Waals surface area (Å²) >= 11 is 0. The summed E-state index contributed by atoms with van der Waals surface area (Å²) in [5, 5.41) is 2.86. The summed E-state index contributed by atoms with van der Waals surface area (Å²) in [5.41, 5.74) is 1.86. The Morgan fingerprint density at radius 2 is 1.57 bits per heavy atom. The normalized spacial score (nSPS) is 14.6. The van der Waals surface area contributed by atoms with Crippen molar-refractivity contribution in [2.75, 3.05) is 39.8 Å². The van der Waals surface area contributed by atoms with E-state index in [1.165, 1.54) is 0 Å². The molecule has 0 atom stereocenters. The van der Waals surface area contributed by atoms with Gasteiger partial charge in [0.2, 0.25) is 5.91 Å². The van der Waals surface area contributed by atoms with Crippen molar-refractivity contribution >= 4 is 24.2 Å². The first-order valence-corrected chi connectivity index (χ1v) is 6.90. The summed E-state index contributed by atoms with van der Waals surface area (Å²) < 4.78 is 0. The molecule has 21 heavy (non-hydrogen) atoms. The maximum absolute atomic E-state index is 12.3. The number of amides is 2. The van der Waals surface area contributed by atoms with Gasteiger partial charge in [-0.25, -0.2) is 0 Å². The van der Waals surface area contributed by atoms with Gasteiger partial charge in [0, 0.05) is 31.7 Å². The molecule has 0 aromatic heterocycles. The predicted molar refractivity (Wildman–Crippen MR) is 84.8 cm³/mol. The van der Waals surface area contributed by atoms with Gasteiger partial charge in [0.1, 0.15) is 0 Å². The van der Waals surface area contributed by atoms with E-state index in [1.807, 2.05) is 36.1 Å². The zero-order valence-corrected chi connectivity index (χ0v) is 13.3. The minimum Gasteiger partial charge on any atom is -0.338 e. The van der Waals surface area contributed by atoms with Gasteiger partial charge in [0.25, 0.3) is 5.91 Å². The van der Waals surface area contributed by atoms with Crippen molar-refractivity contribution in [3.63, 3.8) is 0 Å². The number of likely N-dealkylation sites (N-methyl/N-ethyl adjacent to an activating group) is 1. The molecule has 1 aromatic rings. The van der Waals surface area contributed by atoms with Crippen LogP contribution in [0.15, 0.2) is 24.3 Å². The molecule has 6 heteroatoms. The van der Waals surface area contributed by atoms with Crippen LogP contribution in [0, 0.1) is 6.92 Å². The Morgan fingerprint density at radius 1 is 1.05 bits per heavy atom. The van der Waals surface area contributed by atoms with E-state index in [-0.39, 0.29) is 24.2 Å². The summed E-state index contributed by atoms with van der Waals surface area (Å²) in [7, 11) is 1.76. The largest absolute Gasteiger partial charge is 0.338 e. The minimum absolute atomic E-state index is 0. The lowest BCUT2D eigenvalue weighted by Crippen LogP contribution is -2.52. The third-order valence-corrected chi connectivity index (χ3v) is 3.55. The molecule has 2 rings (SSSR count). The number of carbonyl (C=O) groups is 2. The maximum Gasteiger partial charge on any atom is 0.253 e. The number of aryl methyl sites for hydroxylation is 1. The topological polar surface area (TPSA) is 52.7 Å². The van der Waals surface area contributed by atoms with E-state index in [4.69, 9.17) is 0 Å². The van der Waals surface area contributed by atoms with Gasteiger partial charge in [-0.3, -0.25) is 9.59 Å². The van der Waals surface area contributed by atoms with Crippen LogP contribution in [-0.4, -0.2) is 61.4 Å². The summed E-state index contributed by atoms with van der Waals surface area (Å²) in [6.07, 6.45) is 0. The van der Waals surface area contributed by atoms with E-state index in [2.05, 4.69) is 5.32 Å². The van der Waals surface area contributed by atoms with Crippen LogP contribution in [-0.2, 0) is 4.79 Å². The Kier molecular flexibility index (Phi) is 6.65. The molecule has 0 radical (unpaired) electrons. The molecule has 0 saturated carbocycles. The van der Waals surface area contributed by atoms with Gasteiger partial charge >= 0.3 is 0 Å². The lowest BCUT2D eigenvalue weighted by molar-refractivity contribution is -0.131. The summed E-state index contributed by atoms with van der Waals surface area (Å²) in [4.78, 5) is 27.7. The van der Waals surface area contributed by atoms with Crippen molar-refractivity contribution in [3.05, 3.63) is 35.4 Å². The number of carbonyl (C=O) groups excluding carboxylic acids is 2. The second kappa shape index (κ2) is 8.00. The number of halogens is 1. The second-order valence-electron chi connectivity index (χ2n) is 5.07. The average Bonchev–Trinajstić information content (AvgIpc) is 2.48. The van der Waals surface area contributed by atoms with Crippen molar-refractivity contribution in [1.82, 2.24) is 15.1 Å². The quantitative estimate of drug-likeness (QED) is 0.903. The molecule has 0 spiro atoms. The Morgan fingerprint density at radius 3 is 2.10 bits per heavy atom. The average molecular weight is 312 g/mol. The zero-order valence-electron chi connectivity index (χ0n) is 12.5. The Bertz CT molecular complexity index is 482. The molecule has 1 aromatic carbocycles. The first kappa shape index (κ1) is 17.5. The molecule has 1 aliphatic heterocycles. The standard InChI is InChI=1S/C15H21N3O2.ClH/c1-12-3-5-13(6-4-12)15(20)18-9-7-17(8-10-18)14(19)11-16-2;/h3-6,16H,7-11H2,1-2H3;1H. The fraction of sp³-hybridized carbons (Fsp3) is 0.467. The summed E-state index contributed by atoms with van der Waals surface area (Å²) in [5.74, 6) is 0.139. The van der Waals surface area contributed by atoms with Crippen LogP contribution in [0.3, 0.4) is 0 Å². The molecule has 1 heterocycles. The van der Waals surface area contributed by atoms with E-state index in [0.29, 0.717) is 38.3 Å². The number of hydrogen-bond acceptors (Lipinski definition) is 3. The van der Waals surface area contributed by atoms with Crippen molar-refractivity contribution in [3.8, 4) is 0 Å². The molecular weight excluding hydrogens is 290 g/mol. The number of piperazine rings is 1. The first-order valence-electron chi connectivity index (χ1n) is 6.90.